The molecule has 2 aromatic heterocycles. The Hall–Kier alpha value is -2.01. The van der Waals surface area contributed by atoms with Crippen LogP contribution in [0.15, 0.2) is 30.6 Å². The van der Waals surface area contributed by atoms with Crippen LogP contribution in [0.2, 0.25) is 0 Å². The van der Waals surface area contributed by atoms with Crippen molar-refractivity contribution in [2.45, 2.75) is 51.1 Å². The molecule has 0 radical (unpaired) electrons. The van der Waals surface area contributed by atoms with Gasteiger partial charge in [-0.1, -0.05) is 12.8 Å². The fourth-order valence-corrected chi connectivity index (χ4v) is 3.98. The molecule has 24 heavy (non-hydrogen) atoms. The number of hydrogen-bond donors (Lipinski definition) is 1. The maximum Gasteiger partial charge on any atom is 0.163 e. The molecule has 0 bridgehead atoms. The highest BCUT2D eigenvalue weighted by molar-refractivity contribution is 5.56. The van der Waals surface area contributed by atoms with Gasteiger partial charge in [0, 0.05) is 54.9 Å². The lowest BCUT2D eigenvalue weighted by atomic mass is 10.2. The third-order valence-corrected chi connectivity index (χ3v) is 5.19. The van der Waals surface area contributed by atoms with Gasteiger partial charge in [0.2, 0.25) is 0 Å². The second-order valence-electron chi connectivity index (χ2n) is 7.02. The molecule has 5 nitrogen and oxygen atoms in total. The molecular formula is C19H25N5. The number of aryl methyl sites for hydroxylation is 1. The van der Waals surface area contributed by atoms with E-state index in [1.807, 2.05) is 31.3 Å². The Morgan fingerprint density at radius 1 is 1.17 bits per heavy atom. The average Bonchev–Trinajstić information content (AvgIpc) is 3.26. The van der Waals surface area contributed by atoms with Crippen LogP contribution in [0.1, 0.15) is 37.8 Å². The first-order chi connectivity index (χ1) is 11.8. The van der Waals surface area contributed by atoms with Gasteiger partial charge < -0.3 is 5.32 Å². The van der Waals surface area contributed by atoms with Crippen molar-refractivity contribution >= 4 is 5.82 Å². The number of anilines is 1. The summed E-state index contributed by atoms with van der Waals surface area (Å²) in [4.78, 5) is 16.1. The van der Waals surface area contributed by atoms with Crippen LogP contribution >= 0.6 is 0 Å². The zero-order valence-corrected chi connectivity index (χ0v) is 14.3. The highest BCUT2D eigenvalue weighted by Gasteiger charge is 2.30. The third-order valence-electron chi connectivity index (χ3n) is 5.19. The van der Waals surface area contributed by atoms with E-state index in [4.69, 9.17) is 4.98 Å². The molecule has 2 aliphatic rings. The van der Waals surface area contributed by atoms with Crippen LogP contribution in [0.5, 0.6) is 0 Å². The number of rotatable bonds is 4. The fourth-order valence-electron chi connectivity index (χ4n) is 3.98. The molecule has 126 valence electrons. The van der Waals surface area contributed by atoms with E-state index in [9.17, 15) is 0 Å². The molecule has 1 saturated carbocycles. The summed E-state index contributed by atoms with van der Waals surface area (Å²) in [6.07, 6.45) is 10.3. The van der Waals surface area contributed by atoms with E-state index in [0.29, 0.717) is 6.04 Å². The summed E-state index contributed by atoms with van der Waals surface area (Å²) < 4.78 is 0. The van der Waals surface area contributed by atoms with Crippen LogP contribution in [0.4, 0.5) is 5.82 Å². The van der Waals surface area contributed by atoms with E-state index < -0.39 is 0 Å². The van der Waals surface area contributed by atoms with Crippen molar-refractivity contribution in [1.29, 1.82) is 0 Å². The molecule has 2 aromatic rings. The summed E-state index contributed by atoms with van der Waals surface area (Å²) in [6.45, 7) is 4.37. The van der Waals surface area contributed by atoms with Gasteiger partial charge in [-0.15, -0.1) is 0 Å². The largest absolute Gasteiger partial charge is 0.366 e. The van der Waals surface area contributed by atoms with E-state index in [2.05, 4.69) is 20.2 Å². The maximum atomic E-state index is 4.71. The number of nitrogens with one attached hydrogen (secondary N) is 1. The van der Waals surface area contributed by atoms with Gasteiger partial charge in [-0.2, -0.15) is 0 Å². The molecule has 2 fully saturated rings. The van der Waals surface area contributed by atoms with Crippen molar-refractivity contribution in [3.8, 4) is 11.4 Å². The van der Waals surface area contributed by atoms with E-state index in [1.165, 1.54) is 38.6 Å². The first-order valence-corrected chi connectivity index (χ1v) is 9.04. The minimum absolute atomic E-state index is 0.488. The van der Waals surface area contributed by atoms with Gasteiger partial charge in [0.25, 0.3) is 0 Å². The number of likely N-dealkylation sites (tertiary alicyclic amines) is 1. The van der Waals surface area contributed by atoms with Gasteiger partial charge >= 0.3 is 0 Å². The molecule has 1 unspecified atom stereocenters. The average molecular weight is 323 g/mol. The van der Waals surface area contributed by atoms with Crippen molar-refractivity contribution in [1.82, 2.24) is 19.9 Å². The molecule has 1 aliphatic heterocycles. The van der Waals surface area contributed by atoms with E-state index >= 15 is 0 Å². The number of pyridine rings is 1. The molecule has 5 heteroatoms. The van der Waals surface area contributed by atoms with Crippen molar-refractivity contribution in [3.05, 3.63) is 36.3 Å². The van der Waals surface area contributed by atoms with Crippen LogP contribution in [0.25, 0.3) is 11.4 Å². The molecule has 1 N–H and O–H groups in total. The van der Waals surface area contributed by atoms with Gasteiger partial charge in [0.15, 0.2) is 5.82 Å². The highest BCUT2D eigenvalue weighted by Crippen LogP contribution is 2.27. The van der Waals surface area contributed by atoms with Crippen LogP contribution in [0, 0.1) is 6.92 Å². The quantitative estimate of drug-likeness (QED) is 0.936. The summed E-state index contributed by atoms with van der Waals surface area (Å²) in [5.74, 6) is 1.68. The van der Waals surface area contributed by atoms with Gasteiger partial charge in [-0.05, 0) is 38.3 Å². The Labute approximate surface area is 143 Å². The maximum absolute atomic E-state index is 4.71. The monoisotopic (exact) mass is 323 g/mol. The van der Waals surface area contributed by atoms with Crippen molar-refractivity contribution < 1.29 is 0 Å². The fraction of sp³-hybridized carbons (Fsp3) is 0.526. The molecule has 1 atom stereocenters. The van der Waals surface area contributed by atoms with Crippen LogP contribution in [-0.4, -0.2) is 45.0 Å². The minimum atomic E-state index is 0.488. The van der Waals surface area contributed by atoms with Crippen molar-refractivity contribution in [2.75, 3.05) is 18.4 Å². The lowest BCUT2D eigenvalue weighted by molar-refractivity contribution is 0.245. The predicted octanol–water partition coefficient (Wildman–Crippen LogP) is 3.28. The Morgan fingerprint density at radius 2 is 2.04 bits per heavy atom. The topological polar surface area (TPSA) is 53.9 Å². The minimum Gasteiger partial charge on any atom is -0.366 e. The zero-order valence-electron chi connectivity index (χ0n) is 14.3. The molecule has 3 heterocycles. The normalized spacial score (nSPS) is 22.1. The van der Waals surface area contributed by atoms with E-state index in [-0.39, 0.29) is 0 Å². The van der Waals surface area contributed by atoms with Gasteiger partial charge in [-0.3, -0.25) is 9.88 Å². The number of hydrogen-bond acceptors (Lipinski definition) is 5. The molecular weight excluding hydrogens is 298 g/mol. The first kappa shape index (κ1) is 15.5. The standard InChI is InChI=1S/C19H25N5/c1-14-11-18(23-19(21-14)15-5-4-9-20-12-15)22-16-8-10-24(13-16)17-6-2-3-7-17/h4-5,9,11-12,16-17H,2-3,6-8,10,13H2,1H3,(H,21,22,23). The third kappa shape index (κ3) is 3.41. The van der Waals surface area contributed by atoms with Gasteiger partial charge in [0.05, 0.1) is 0 Å². The molecule has 4 rings (SSSR count). The van der Waals surface area contributed by atoms with Crippen LogP contribution in [-0.2, 0) is 0 Å². The summed E-state index contributed by atoms with van der Waals surface area (Å²) >= 11 is 0. The second kappa shape index (κ2) is 6.85. The SMILES string of the molecule is Cc1cc(NC2CCN(C3CCCC3)C2)nc(-c2cccnc2)n1. The van der Waals surface area contributed by atoms with Crippen molar-refractivity contribution in [2.24, 2.45) is 0 Å². The Balaban J connectivity index is 1.46. The lowest BCUT2D eigenvalue weighted by Gasteiger charge is -2.23. The van der Waals surface area contributed by atoms with Gasteiger partial charge in [-0.25, -0.2) is 9.97 Å². The summed E-state index contributed by atoms with van der Waals surface area (Å²) in [6, 6.07) is 7.27. The summed E-state index contributed by atoms with van der Waals surface area (Å²) in [5, 5.41) is 3.63. The van der Waals surface area contributed by atoms with Crippen LogP contribution < -0.4 is 5.32 Å². The van der Waals surface area contributed by atoms with Crippen molar-refractivity contribution in [3.63, 3.8) is 0 Å². The molecule has 0 amide bonds. The van der Waals surface area contributed by atoms with E-state index in [1.54, 1.807) is 6.20 Å². The predicted molar refractivity (Wildman–Crippen MR) is 95.9 cm³/mol. The Bertz CT molecular complexity index is 681. The zero-order chi connectivity index (χ0) is 16.4. The molecule has 1 aliphatic carbocycles. The van der Waals surface area contributed by atoms with Crippen LogP contribution in [0.3, 0.4) is 0 Å². The first-order valence-electron chi connectivity index (χ1n) is 9.04. The second-order valence-corrected chi connectivity index (χ2v) is 7.02. The smallest absolute Gasteiger partial charge is 0.163 e. The molecule has 0 aromatic carbocycles. The number of nitrogens with zero attached hydrogens (tertiary/aromatic N) is 4. The lowest BCUT2D eigenvalue weighted by Crippen LogP contribution is -2.33. The summed E-state index contributed by atoms with van der Waals surface area (Å²) in [5.41, 5.74) is 1.94. The van der Waals surface area contributed by atoms with E-state index in [0.717, 1.165) is 35.5 Å². The Kier molecular flexibility index (Phi) is 4.43. The highest BCUT2D eigenvalue weighted by atomic mass is 15.2. The molecule has 1 saturated heterocycles. The van der Waals surface area contributed by atoms with Gasteiger partial charge in [0.1, 0.15) is 5.82 Å². The number of aromatic nitrogens is 3. The summed E-state index contributed by atoms with van der Waals surface area (Å²) in [7, 11) is 0. The Morgan fingerprint density at radius 3 is 2.83 bits per heavy atom. The molecule has 0 spiro atoms.